The van der Waals surface area contributed by atoms with E-state index in [0.29, 0.717) is 29.1 Å². The lowest BCUT2D eigenvalue weighted by Crippen LogP contribution is -2.27. The molecule has 0 saturated carbocycles. The zero-order chi connectivity index (χ0) is 22.6. The Balaban J connectivity index is 1.85. The normalized spacial score (nSPS) is 11.2. The molecule has 0 fully saturated rings. The number of nitrogens with zero attached hydrogens (tertiary/aromatic N) is 2. The number of methoxy groups -OCH3 is 1. The molecule has 7 nitrogen and oxygen atoms in total. The lowest BCUT2D eigenvalue weighted by molar-refractivity contribution is 0.0783. The smallest absolute Gasteiger partial charge is 0.262 e. The number of aryl methyl sites for hydroxylation is 2. The Kier molecular flexibility index (Phi) is 6.97. The molecule has 0 atom stereocenters. The predicted octanol–water partition coefficient (Wildman–Crippen LogP) is 4.10. The number of amides is 1. The minimum absolute atomic E-state index is 0.0413. The van der Waals surface area contributed by atoms with Gasteiger partial charge in [-0.1, -0.05) is 25.1 Å². The van der Waals surface area contributed by atoms with Gasteiger partial charge in [-0.3, -0.25) is 9.52 Å². The first kappa shape index (κ1) is 22.8. The van der Waals surface area contributed by atoms with E-state index >= 15 is 0 Å². The highest BCUT2D eigenvalue weighted by Gasteiger charge is 2.22. The van der Waals surface area contributed by atoms with Crippen molar-refractivity contribution in [2.45, 2.75) is 31.7 Å². The minimum atomic E-state index is -3.93. The number of nitrogens with one attached hydrogen (secondary N) is 1. The summed E-state index contributed by atoms with van der Waals surface area (Å²) in [4.78, 5) is 19.0. The highest BCUT2D eigenvalue weighted by atomic mass is 32.2. The van der Waals surface area contributed by atoms with Crippen LogP contribution in [-0.4, -0.2) is 38.4 Å². The molecule has 0 aliphatic heterocycles. The van der Waals surface area contributed by atoms with Crippen LogP contribution in [0.1, 0.15) is 33.5 Å². The van der Waals surface area contributed by atoms with Gasteiger partial charge >= 0.3 is 0 Å². The molecule has 3 aromatic rings. The van der Waals surface area contributed by atoms with Crippen LogP contribution in [0.5, 0.6) is 5.75 Å². The number of para-hydroxylation sites is 2. The lowest BCUT2D eigenvalue weighted by atomic mass is 10.1. The molecule has 0 unspecified atom stereocenters. The van der Waals surface area contributed by atoms with E-state index in [4.69, 9.17) is 4.74 Å². The van der Waals surface area contributed by atoms with Crippen LogP contribution in [-0.2, 0) is 23.0 Å². The first-order valence-electron chi connectivity index (χ1n) is 9.70. The van der Waals surface area contributed by atoms with E-state index in [-0.39, 0.29) is 10.8 Å². The maximum atomic E-state index is 13.1. The fourth-order valence-electron chi connectivity index (χ4n) is 3.07. The molecular formula is C22H25N3O4S2. The van der Waals surface area contributed by atoms with Gasteiger partial charge in [0.2, 0.25) is 0 Å². The third kappa shape index (κ3) is 5.23. The molecule has 0 aliphatic carbocycles. The third-order valence-corrected chi connectivity index (χ3v) is 7.27. The molecule has 0 aliphatic rings. The first-order chi connectivity index (χ1) is 14.7. The van der Waals surface area contributed by atoms with Crippen LogP contribution < -0.4 is 9.46 Å². The van der Waals surface area contributed by atoms with Crippen molar-refractivity contribution in [3.05, 3.63) is 69.7 Å². The van der Waals surface area contributed by atoms with Gasteiger partial charge in [-0.25, -0.2) is 13.4 Å². The van der Waals surface area contributed by atoms with Gasteiger partial charge in [-0.15, -0.1) is 11.3 Å². The van der Waals surface area contributed by atoms with Crippen molar-refractivity contribution in [2.24, 2.45) is 0 Å². The van der Waals surface area contributed by atoms with Crippen molar-refractivity contribution in [3.63, 3.8) is 0 Å². The molecule has 1 N–H and O–H groups in total. The van der Waals surface area contributed by atoms with Gasteiger partial charge in [0, 0.05) is 18.0 Å². The molecule has 1 aromatic heterocycles. The summed E-state index contributed by atoms with van der Waals surface area (Å²) < 4.78 is 33.9. The van der Waals surface area contributed by atoms with Gasteiger partial charge in [0.1, 0.15) is 5.75 Å². The molecule has 1 heterocycles. The topological polar surface area (TPSA) is 88.6 Å². The van der Waals surface area contributed by atoms with Gasteiger partial charge < -0.3 is 9.64 Å². The number of hydrogen-bond acceptors (Lipinski definition) is 6. The lowest BCUT2D eigenvalue weighted by Gasteiger charge is -2.18. The van der Waals surface area contributed by atoms with Gasteiger partial charge in [0.05, 0.1) is 34.9 Å². The summed E-state index contributed by atoms with van der Waals surface area (Å²) >= 11 is 1.56. The molecule has 0 saturated heterocycles. The quantitative estimate of drug-likeness (QED) is 0.548. The summed E-state index contributed by atoms with van der Waals surface area (Å²) in [6.07, 6.45) is 0.848. The average molecular weight is 460 g/mol. The van der Waals surface area contributed by atoms with E-state index < -0.39 is 10.0 Å². The largest absolute Gasteiger partial charge is 0.495 e. The summed E-state index contributed by atoms with van der Waals surface area (Å²) in [6.45, 7) is 4.08. The standard InChI is InChI=1S/C22H25N3O4S2/c1-5-21-23-17(14-30-21)13-25(3)22(26)16-11-10-15(2)20(12-16)31(27,28)24-18-8-6-7-9-19(18)29-4/h6-12,14,24H,5,13H2,1-4H3. The van der Waals surface area contributed by atoms with Crippen molar-refractivity contribution < 1.29 is 17.9 Å². The summed E-state index contributed by atoms with van der Waals surface area (Å²) in [6, 6.07) is 11.4. The zero-order valence-electron chi connectivity index (χ0n) is 17.9. The highest BCUT2D eigenvalue weighted by molar-refractivity contribution is 7.92. The summed E-state index contributed by atoms with van der Waals surface area (Å²) in [5.41, 5.74) is 1.97. The fourth-order valence-corrected chi connectivity index (χ4v) is 5.15. The highest BCUT2D eigenvalue weighted by Crippen LogP contribution is 2.27. The van der Waals surface area contributed by atoms with Crippen LogP contribution in [0, 0.1) is 6.92 Å². The maximum absolute atomic E-state index is 13.1. The second kappa shape index (κ2) is 9.49. The first-order valence-corrected chi connectivity index (χ1v) is 12.1. The van der Waals surface area contributed by atoms with Gasteiger partial charge in [-0.05, 0) is 43.2 Å². The van der Waals surface area contributed by atoms with E-state index in [2.05, 4.69) is 9.71 Å². The molecule has 9 heteroatoms. The second-order valence-corrected chi connectivity index (χ2v) is 9.63. The van der Waals surface area contributed by atoms with Crippen molar-refractivity contribution in [1.29, 1.82) is 0 Å². The number of sulfonamides is 1. The summed E-state index contributed by atoms with van der Waals surface area (Å²) in [5, 5.41) is 2.95. The van der Waals surface area contributed by atoms with Crippen molar-refractivity contribution in [3.8, 4) is 5.75 Å². The Bertz CT molecular complexity index is 1190. The van der Waals surface area contributed by atoms with E-state index in [1.165, 1.54) is 18.1 Å². The molecule has 0 bridgehead atoms. The average Bonchev–Trinajstić information content (AvgIpc) is 3.21. The van der Waals surface area contributed by atoms with Gasteiger partial charge in [0.25, 0.3) is 15.9 Å². The number of benzene rings is 2. The number of carbonyl (C=O) groups is 1. The van der Waals surface area contributed by atoms with Crippen LogP contribution in [0.2, 0.25) is 0 Å². The number of hydrogen-bond donors (Lipinski definition) is 1. The molecule has 0 spiro atoms. The zero-order valence-corrected chi connectivity index (χ0v) is 19.5. The molecule has 1 amide bonds. The van der Waals surface area contributed by atoms with Crippen molar-refractivity contribution in [1.82, 2.24) is 9.88 Å². The second-order valence-electron chi connectivity index (χ2n) is 7.03. The van der Waals surface area contributed by atoms with Crippen LogP contribution in [0.3, 0.4) is 0 Å². The SMILES string of the molecule is CCc1nc(CN(C)C(=O)c2ccc(C)c(S(=O)(=O)Nc3ccccc3OC)c2)cs1. The Morgan fingerprint density at radius 2 is 1.97 bits per heavy atom. The predicted molar refractivity (Wildman–Crippen MR) is 122 cm³/mol. The molecule has 2 aromatic carbocycles. The van der Waals surface area contributed by atoms with E-state index in [0.717, 1.165) is 17.1 Å². The number of anilines is 1. The summed E-state index contributed by atoms with van der Waals surface area (Å²) in [5.74, 6) is 0.130. The van der Waals surface area contributed by atoms with Crippen LogP contribution >= 0.6 is 11.3 Å². The van der Waals surface area contributed by atoms with Crippen molar-refractivity contribution in [2.75, 3.05) is 18.9 Å². The number of rotatable bonds is 8. The molecule has 3 rings (SSSR count). The van der Waals surface area contributed by atoms with Crippen LogP contribution in [0.25, 0.3) is 0 Å². The van der Waals surface area contributed by atoms with E-state index in [1.54, 1.807) is 61.7 Å². The third-order valence-electron chi connectivity index (χ3n) is 4.72. The molecule has 0 radical (unpaired) electrons. The number of thiazole rings is 1. The van der Waals surface area contributed by atoms with Crippen molar-refractivity contribution >= 4 is 33.0 Å². The fraction of sp³-hybridized carbons (Fsp3) is 0.273. The van der Waals surface area contributed by atoms with E-state index in [9.17, 15) is 13.2 Å². The number of ether oxygens (including phenoxy) is 1. The summed E-state index contributed by atoms with van der Waals surface area (Å²) in [7, 11) is -0.782. The molecule has 31 heavy (non-hydrogen) atoms. The van der Waals surface area contributed by atoms with Gasteiger partial charge in [0.15, 0.2) is 0 Å². The Morgan fingerprint density at radius 3 is 2.65 bits per heavy atom. The molecule has 164 valence electrons. The maximum Gasteiger partial charge on any atom is 0.262 e. The minimum Gasteiger partial charge on any atom is -0.495 e. The number of carbonyl (C=O) groups excluding carboxylic acids is 1. The van der Waals surface area contributed by atoms with E-state index in [1.807, 2.05) is 12.3 Å². The monoisotopic (exact) mass is 459 g/mol. The Hall–Kier alpha value is -2.91. The van der Waals surface area contributed by atoms with Crippen LogP contribution in [0.15, 0.2) is 52.7 Å². The van der Waals surface area contributed by atoms with Gasteiger partial charge in [-0.2, -0.15) is 0 Å². The number of aromatic nitrogens is 1. The molecular weight excluding hydrogens is 434 g/mol. The Morgan fingerprint density at radius 1 is 1.23 bits per heavy atom. The van der Waals surface area contributed by atoms with Crippen LogP contribution in [0.4, 0.5) is 5.69 Å². The Labute approximate surface area is 186 Å².